The van der Waals surface area contributed by atoms with Crippen LogP contribution < -0.4 is 0 Å². The summed E-state index contributed by atoms with van der Waals surface area (Å²) in [6.45, 7) is 2.65. The molecule has 162 valence electrons. The lowest BCUT2D eigenvalue weighted by Gasteiger charge is -2.40. The van der Waals surface area contributed by atoms with Crippen molar-refractivity contribution < 1.29 is 8.42 Å². The maximum absolute atomic E-state index is 12.4. The Hall–Kier alpha value is -2.18. The van der Waals surface area contributed by atoms with Crippen molar-refractivity contribution in [2.45, 2.75) is 19.0 Å². The average Bonchev–Trinajstić information content (AvgIpc) is 2.74. The summed E-state index contributed by atoms with van der Waals surface area (Å²) in [4.78, 5) is 2.32. The van der Waals surface area contributed by atoms with Crippen LogP contribution in [0.4, 0.5) is 0 Å². The largest absolute Gasteiger partial charge is 0.296 e. The summed E-state index contributed by atoms with van der Waals surface area (Å²) in [6.07, 6.45) is 2.01. The summed E-state index contributed by atoms with van der Waals surface area (Å²) >= 11 is 6.59. The molecule has 6 heteroatoms. The molecule has 0 aliphatic carbocycles. The molecule has 1 aliphatic heterocycles. The number of sulfonamides is 1. The molecule has 1 heterocycles. The van der Waals surface area contributed by atoms with Crippen molar-refractivity contribution in [1.29, 1.82) is 0 Å². The van der Waals surface area contributed by atoms with Gasteiger partial charge in [-0.25, -0.2) is 8.42 Å². The molecule has 1 aliphatic rings. The highest BCUT2D eigenvalue weighted by Crippen LogP contribution is 2.29. The van der Waals surface area contributed by atoms with E-state index < -0.39 is 10.0 Å². The third-order valence-corrected chi connectivity index (χ3v) is 7.42. The van der Waals surface area contributed by atoms with E-state index in [0.717, 1.165) is 33.8 Å². The van der Waals surface area contributed by atoms with Gasteiger partial charge in [-0.05, 0) is 29.2 Å². The smallest absolute Gasteiger partial charge is 0.211 e. The molecule has 0 bridgehead atoms. The van der Waals surface area contributed by atoms with E-state index in [-0.39, 0.29) is 6.04 Å². The Morgan fingerprint density at radius 3 is 2.23 bits per heavy atom. The van der Waals surface area contributed by atoms with Crippen molar-refractivity contribution in [3.8, 4) is 11.1 Å². The second-order valence-corrected chi connectivity index (χ2v) is 10.5. The van der Waals surface area contributed by atoms with Gasteiger partial charge in [0.05, 0.1) is 6.26 Å². The molecule has 0 aromatic heterocycles. The van der Waals surface area contributed by atoms with Crippen molar-refractivity contribution in [2.75, 3.05) is 25.9 Å². The molecule has 4 nitrogen and oxygen atoms in total. The number of halogens is 1. The van der Waals surface area contributed by atoms with Crippen LogP contribution in [0.1, 0.15) is 11.1 Å². The molecule has 1 fully saturated rings. The maximum Gasteiger partial charge on any atom is 0.211 e. The van der Waals surface area contributed by atoms with Crippen LogP contribution in [0.5, 0.6) is 0 Å². The van der Waals surface area contributed by atoms with Gasteiger partial charge >= 0.3 is 0 Å². The van der Waals surface area contributed by atoms with E-state index in [1.54, 1.807) is 4.31 Å². The van der Waals surface area contributed by atoms with Gasteiger partial charge in [-0.3, -0.25) is 4.90 Å². The van der Waals surface area contributed by atoms with Gasteiger partial charge in [0.15, 0.2) is 0 Å². The van der Waals surface area contributed by atoms with Crippen molar-refractivity contribution in [3.05, 3.63) is 95.0 Å². The van der Waals surface area contributed by atoms with Gasteiger partial charge in [-0.2, -0.15) is 4.31 Å². The minimum atomic E-state index is -3.25. The predicted octanol–water partition coefficient (Wildman–Crippen LogP) is 4.70. The Balaban J connectivity index is 1.49. The van der Waals surface area contributed by atoms with Gasteiger partial charge < -0.3 is 0 Å². The fraction of sp³-hybridized carbons (Fsp3) is 0.280. The second kappa shape index (κ2) is 9.53. The lowest BCUT2D eigenvalue weighted by Crippen LogP contribution is -2.55. The first-order valence-electron chi connectivity index (χ1n) is 10.5. The third-order valence-electron chi connectivity index (χ3n) is 5.78. The van der Waals surface area contributed by atoms with Gasteiger partial charge in [0.2, 0.25) is 10.0 Å². The van der Waals surface area contributed by atoms with Crippen LogP contribution in [0.15, 0.2) is 78.9 Å². The first kappa shape index (κ1) is 22.0. The molecule has 1 saturated heterocycles. The number of piperazine rings is 1. The van der Waals surface area contributed by atoms with E-state index in [2.05, 4.69) is 41.3 Å². The number of hydrogen-bond acceptors (Lipinski definition) is 3. The zero-order chi connectivity index (χ0) is 21.8. The van der Waals surface area contributed by atoms with Crippen LogP contribution >= 0.6 is 11.6 Å². The summed E-state index contributed by atoms with van der Waals surface area (Å²) in [7, 11) is -3.25. The molecule has 4 rings (SSSR count). The quantitative estimate of drug-likeness (QED) is 0.542. The van der Waals surface area contributed by atoms with Crippen LogP contribution in [0.3, 0.4) is 0 Å². The lowest BCUT2D eigenvalue weighted by molar-refractivity contribution is 0.129. The zero-order valence-electron chi connectivity index (χ0n) is 17.6. The fourth-order valence-electron chi connectivity index (χ4n) is 4.30. The number of rotatable bonds is 6. The van der Waals surface area contributed by atoms with Gasteiger partial charge in [0, 0.05) is 42.8 Å². The molecule has 3 aromatic rings. The van der Waals surface area contributed by atoms with Crippen molar-refractivity contribution in [2.24, 2.45) is 0 Å². The Bertz CT molecular complexity index is 1120. The first-order chi connectivity index (χ1) is 14.9. The highest BCUT2D eigenvalue weighted by molar-refractivity contribution is 7.88. The summed E-state index contributed by atoms with van der Waals surface area (Å²) in [6, 6.07) is 26.3. The summed E-state index contributed by atoms with van der Waals surface area (Å²) in [5.74, 6) is 0. The molecule has 0 radical (unpaired) electrons. The van der Waals surface area contributed by atoms with Crippen LogP contribution in [-0.4, -0.2) is 49.6 Å². The molecule has 3 aromatic carbocycles. The molecule has 1 atom stereocenters. The summed E-state index contributed by atoms with van der Waals surface area (Å²) in [5.41, 5.74) is 4.41. The normalized spacial score (nSPS) is 18.2. The Morgan fingerprint density at radius 2 is 1.58 bits per heavy atom. The Labute approximate surface area is 190 Å². The predicted molar refractivity (Wildman–Crippen MR) is 128 cm³/mol. The summed E-state index contributed by atoms with van der Waals surface area (Å²) in [5, 5.41) is 0.735. The Kier molecular flexibility index (Phi) is 6.77. The molecular formula is C25H27ClN2O2S. The fourth-order valence-corrected chi connectivity index (χ4v) is 5.71. The molecule has 0 saturated carbocycles. The molecule has 1 unspecified atom stereocenters. The minimum Gasteiger partial charge on any atom is -0.296 e. The monoisotopic (exact) mass is 454 g/mol. The van der Waals surface area contributed by atoms with E-state index in [4.69, 9.17) is 11.6 Å². The van der Waals surface area contributed by atoms with Gasteiger partial charge in [-0.1, -0.05) is 84.4 Å². The second-order valence-electron chi connectivity index (χ2n) is 8.13. The van der Waals surface area contributed by atoms with Crippen molar-refractivity contribution in [1.82, 2.24) is 9.21 Å². The van der Waals surface area contributed by atoms with Crippen molar-refractivity contribution in [3.63, 3.8) is 0 Å². The van der Waals surface area contributed by atoms with E-state index >= 15 is 0 Å². The number of hydrogen-bond donors (Lipinski definition) is 0. The lowest BCUT2D eigenvalue weighted by atomic mass is 10.0. The molecule has 31 heavy (non-hydrogen) atoms. The zero-order valence-corrected chi connectivity index (χ0v) is 19.2. The Morgan fingerprint density at radius 1 is 0.903 bits per heavy atom. The first-order valence-corrected chi connectivity index (χ1v) is 12.7. The van der Waals surface area contributed by atoms with Crippen LogP contribution in [0.2, 0.25) is 5.02 Å². The summed E-state index contributed by atoms with van der Waals surface area (Å²) < 4.78 is 26.4. The van der Waals surface area contributed by atoms with Crippen LogP contribution in [-0.2, 0) is 23.0 Å². The van der Waals surface area contributed by atoms with Gasteiger partial charge in [0.1, 0.15) is 0 Å². The SMILES string of the molecule is CS(=O)(=O)N1CCN(Cc2ccc(-c3ccccc3)c(Cl)c2)CC1Cc1ccccc1. The van der Waals surface area contributed by atoms with E-state index in [1.165, 1.54) is 6.26 Å². The molecule has 0 N–H and O–H groups in total. The van der Waals surface area contributed by atoms with E-state index in [0.29, 0.717) is 26.1 Å². The van der Waals surface area contributed by atoms with Gasteiger partial charge in [-0.15, -0.1) is 0 Å². The molecule has 0 amide bonds. The average molecular weight is 455 g/mol. The number of benzene rings is 3. The molecular weight excluding hydrogens is 428 g/mol. The highest BCUT2D eigenvalue weighted by atomic mass is 35.5. The van der Waals surface area contributed by atoms with E-state index in [9.17, 15) is 8.42 Å². The minimum absolute atomic E-state index is 0.0785. The van der Waals surface area contributed by atoms with Crippen molar-refractivity contribution >= 4 is 21.6 Å². The standard InChI is InChI=1S/C25H27ClN2O2S/c1-31(29,30)28-15-14-27(19-23(28)16-20-8-4-2-5-9-20)18-21-12-13-24(25(26)17-21)22-10-6-3-7-11-22/h2-13,17,23H,14-16,18-19H2,1H3. The highest BCUT2D eigenvalue weighted by Gasteiger charge is 2.32. The third kappa shape index (κ3) is 5.55. The van der Waals surface area contributed by atoms with Crippen LogP contribution in [0, 0.1) is 0 Å². The topological polar surface area (TPSA) is 40.6 Å². The van der Waals surface area contributed by atoms with E-state index in [1.807, 2.05) is 42.5 Å². The maximum atomic E-state index is 12.4. The number of nitrogens with zero attached hydrogens (tertiary/aromatic N) is 2. The van der Waals surface area contributed by atoms with Crippen LogP contribution in [0.25, 0.3) is 11.1 Å². The van der Waals surface area contributed by atoms with Gasteiger partial charge in [0.25, 0.3) is 0 Å². The molecule has 0 spiro atoms.